The van der Waals surface area contributed by atoms with Crippen LogP contribution >= 0.6 is 0 Å². The molecule has 0 bridgehead atoms. The molecule has 0 amide bonds. The highest BCUT2D eigenvalue weighted by Gasteiger charge is 2.39. The van der Waals surface area contributed by atoms with Gasteiger partial charge in [0.05, 0.1) is 13.0 Å². The lowest BCUT2D eigenvalue weighted by molar-refractivity contribution is -0.153. The highest BCUT2D eigenvalue weighted by atomic mass is 16.6. The number of H-pyrrole nitrogens is 1. The Morgan fingerprint density at radius 1 is 1.42 bits per heavy atom. The van der Waals surface area contributed by atoms with E-state index >= 15 is 0 Å². The van der Waals surface area contributed by atoms with Crippen LogP contribution in [0.2, 0.25) is 0 Å². The van der Waals surface area contributed by atoms with E-state index in [0.29, 0.717) is 5.56 Å². The zero-order chi connectivity index (χ0) is 17.9. The second-order valence-corrected chi connectivity index (χ2v) is 5.76. The molecule has 132 valence electrons. The summed E-state index contributed by atoms with van der Waals surface area (Å²) in [5.41, 5.74) is -0.795. The molecule has 3 atom stereocenters. The molecule has 1 fully saturated rings. The fourth-order valence-electron chi connectivity index (χ4n) is 2.47. The molecule has 9 heteroatoms. The van der Waals surface area contributed by atoms with Crippen LogP contribution < -0.4 is 11.2 Å². The third-order valence-electron chi connectivity index (χ3n) is 3.78. The van der Waals surface area contributed by atoms with E-state index in [4.69, 9.17) is 9.47 Å². The maximum absolute atomic E-state index is 11.9. The first kappa shape index (κ1) is 18.1. The Bertz CT molecular complexity index is 736. The van der Waals surface area contributed by atoms with Crippen molar-refractivity contribution in [3.8, 4) is 0 Å². The SMILES string of the molecule is CC(=O)CCC(=O)O[C@@H]1C[C@H](n2cc(C)c(=O)[nH]c2=O)O[C@@H]1CO. The first-order valence-electron chi connectivity index (χ1n) is 7.59. The van der Waals surface area contributed by atoms with Gasteiger partial charge < -0.3 is 19.4 Å². The molecule has 0 aliphatic carbocycles. The van der Waals surface area contributed by atoms with Crippen LogP contribution in [0.1, 0.15) is 38.0 Å². The van der Waals surface area contributed by atoms with Crippen LogP contribution in [0.5, 0.6) is 0 Å². The van der Waals surface area contributed by atoms with Crippen LogP contribution in [-0.2, 0) is 19.1 Å². The van der Waals surface area contributed by atoms with Crippen LogP contribution in [0.25, 0.3) is 0 Å². The third kappa shape index (κ3) is 4.18. The molecule has 2 N–H and O–H groups in total. The molecule has 2 rings (SSSR count). The maximum Gasteiger partial charge on any atom is 0.330 e. The van der Waals surface area contributed by atoms with Gasteiger partial charge in [0, 0.05) is 24.6 Å². The molecule has 24 heavy (non-hydrogen) atoms. The van der Waals surface area contributed by atoms with Crippen LogP contribution in [-0.4, -0.2) is 45.2 Å². The van der Waals surface area contributed by atoms with Gasteiger partial charge in [-0.05, 0) is 13.8 Å². The van der Waals surface area contributed by atoms with Crippen LogP contribution in [0.4, 0.5) is 0 Å². The molecule has 2 heterocycles. The number of hydrogen-bond acceptors (Lipinski definition) is 7. The molecule has 1 aliphatic rings. The summed E-state index contributed by atoms with van der Waals surface area (Å²) in [6, 6.07) is 0. The molecule has 0 unspecified atom stereocenters. The fourth-order valence-corrected chi connectivity index (χ4v) is 2.47. The van der Waals surface area contributed by atoms with Crippen molar-refractivity contribution in [1.82, 2.24) is 9.55 Å². The van der Waals surface area contributed by atoms with E-state index < -0.39 is 42.3 Å². The lowest BCUT2D eigenvalue weighted by Crippen LogP contribution is -2.33. The number of carbonyl (C=O) groups excluding carboxylic acids is 2. The first-order valence-corrected chi connectivity index (χ1v) is 7.59. The van der Waals surface area contributed by atoms with E-state index in [1.54, 1.807) is 6.92 Å². The minimum atomic E-state index is -0.782. The number of ether oxygens (including phenoxy) is 2. The summed E-state index contributed by atoms with van der Waals surface area (Å²) < 4.78 is 12.0. The summed E-state index contributed by atoms with van der Waals surface area (Å²) in [4.78, 5) is 48.1. The maximum atomic E-state index is 11.9. The summed E-state index contributed by atoms with van der Waals surface area (Å²) in [7, 11) is 0. The van der Waals surface area contributed by atoms with Crippen molar-refractivity contribution in [3.05, 3.63) is 32.6 Å². The van der Waals surface area contributed by atoms with E-state index in [0.717, 1.165) is 0 Å². The summed E-state index contributed by atoms with van der Waals surface area (Å²) in [6.45, 7) is 2.54. The Balaban J connectivity index is 2.10. The predicted molar refractivity (Wildman–Crippen MR) is 81.5 cm³/mol. The third-order valence-corrected chi connectivity index (χ3v) is 3.78. The number of aliphatic hydroxyl groups is 1. The van der Waals surface area contributed by atoms with E-state index in [2.05, 4.69) is 4.98 Å². The minimum absolute atomic E-state index is 0.0492. The quantitative estimate of drug-likeness (QED) is 0.662. The van der Waals surface area contributed by atoms with Crippen molar-refractivity contribution < 1.29 is 24.2 Å². The van der Waals surface area contributed by atoms with Crippen molar-refractivity contribution >= 4 is 11.8 Å². The Hall–Kier alpha value is -2.26. The van der Waals surface area contributed by atoms with Gasteiger partial charge in [-0.3, -0.25) is 19.1 Å². The van der Waals surface area contributed by atoms with Crippen molar-refractivity contribution in [3.63, 3.8) is 0 Å². The normalized spacial score (nSPS) is 23.2. The van der Waals surface area contributed by atoms with Crippen molar-refractivity contribution in [2.75, 3.05) is 6.61 Å². The standard InChI is InChI=1S/C15H20N2O7/c1-8-6-17(15(22)16-14(8)21)12-5-10(11(7-18)23-12)24-13(20)4-3-9(2)19/h6,10-12,18H,3-5,7H2,1-2H3,(H,16,21,22)/t10-,11-,12-/m1/s1. The molecule has 1 aromatic heterocycles. The van der Waals surface area contributed by atoms with Gasteiger partial charge in [-0.15, -0.1) is 0 Å². The number of nitrogens with one attached hydrogen (secondary N) is 1. The van der Waals surface area contributed by atoms with E-state index in [1.165, 1.54) is 17.7 Å². The second kappa shape index (κ2) is 7.54. The molecule has 0 saturated carbocycles. The highest BCUT2D eigenvalue weighted by Crippen LogP contribution is 2.30. The highest BCUT2D eigenvalue weighted by molar-refractivity contribution is 5.81. The molecular formula is C15H20N2O7. The predicted octanol–water partition coefficient (Wildman–Crippen LogP) is -0.594. The summed E-state index contributed by atoms with van der Waals surface area (Å²) in [5, 5.41) is 9.38. The van der Waals surface area contributed by atoms with E-state index in [1.807, 2.05) is 0 Å². The number of ketones is 1. The molecule has 0 spiro atoms. The van der Waals surface area contributed by atoms with Gasteiger partial charge in [0.25, 0.3) is 5.56 Å². The number of aromatic nitrogens is 2. The van der Waals surface area contributed by atoms with Gasteiger partial charge in [-0.1, -0.05) is 0 Å². The smallest absolute Gasteiger partial charge is 0.330 e. The number of aryl methyl sites for hydroxylation is 1. The Morgan fingerprint density at radius 3 is 2.75 bits per heavy atom. The Morgan fingerprint density at radius 2 is 2.12 bits per heavy atom. The van der Waals surface area contributed by atoms with E-state index in [-0.39, 0.29) is 25.0 Å². The summed E-state index contributed by atoms with van der Waals surface area (Å²) in [5.74, 6) is -0.690. The lowest BCUT2D eigenvalue weighted by Gasteiger charge is -2.16. The molecule has 1 aromatic rings. The largest absolute Gasteiger partial charge is 0.459 e. The fraction of sp³-hybridized carbons (Fsp3) is 0.600. The van der Waals surface area contributed by atoms with Gasteiger partial charge in [0.2, 0.25) is 0 Å². The summed E-state index contributed by atoms with van der Waals surface area (Å²) >= 11 is 0. The molecule has 0 radical (unpaired) electrons. The van der Waals surface area contributed by atoms with Gasteiger partial charge in [0.1, 0.15) is 24.2 Å². The number of Topliss-reactive ketones (excluding diaryl/α,β-unsaturated/α-hetero) is 1. The number of nitrogens with zero attached hydrogens (tertiary/aromatic N) is 1. The molecule has 1 saturated heterocycles. The number of esters is 1. The number of rotatable bonds is 6. The van der Waals surface area contributed by atoms with Gasteiger partial charge in [-0.25, -0.2) is 4.79 Å². The number of hydrogen-bond donors (Lipinski definition) is 2. The monoisotopic (exact) mass is 340 g/mol. The van der Waals surface area contributed by atoms with E-state index in [9.17, 15) is 24.3 Å². The van der Waals surface area contributed by atoms with Gasteiger partial charge >= 0.3 is 11.7 Å². The zero-order valence-electron chi connectivity index (χ0n) is 13.5. The van der Waals surface area contributed by atoms with Crippen molar-refractivity contribution in [1.29, 1.82) is 0 Å². The molecule has 0 aromatic carbocycles. The second-order valence-electron chi connectivity index (χ2n) is 5.76. The number of aliphatic hydroxyl groups excluding tert-OH is 1. The molecular weight excluding hydrogens is 320 g/mol. The van der Waals surface area contributed by atoms with Crippen LogP contribution in [0, 0.1) is 6.92 Å². The zero-order valence-corrected chi connectivity index (χ0v) is 13.5. The lowest BCUT2D eigenvalue weighted by atomic mass is 10.1. The first-order chi connectivity index (χ1) is 11.3. The summed E-state index contributed by atoms with van der Waals surface area (Å²) in [6.07, 6.45) is -0.738. The average molecular weight is 340 g/mol. The Kier molecular flexibility index (Phi) is 5.68. The molecule has 1 aliphatic heterocycles. The minimum Gasteiger partial charge on any atom is -0.459 e. The molecule has 9 nitrogen and oxygen atoms in total. The van der Waals surface area contributed by atoms with Gasteiger partial charge in [0.15, 0.2) is 0 Å². The van der Waals surface area contributed by atoms with Crippen LogP contribution in [0.15, 0.2) is 15.8 Å². The Labute approximate surface area is 137 Å². The van der Waals surface area contributed by atoms with Gasteiger partial charge in [-0.2, -0.15) is 0 Å². The van der Waals surface area contributed by atoms with Crippen LogP contribution in [0.3, 0.4) is 0 Å². The topological polar surface area (TPSA) is 128 Å². The average Bonchev–Trinajstić information content (AvgIpc) is 2.91. The van der Waals surface area contributed by atoms with Crippen molar-refractivity contribution in [2.45, 2.75) is 51.5 Å². The number of aromatic amines is 1. The van der Waals surface area contributed by atoms with Crippen molar-refractivity contribution in [2.24, 2.45) is 0 Å². The number of carbonyl (C=O) groups is 2.